The Morgan fingerprint density at radius 3 is 2.03 bits per heavy atom. The Morgan fingerprint density at radius 1 is 0.923 bits per heavy atom. The topological polar surface area (TPSA) is 50.2 Å². The number of carbonyl (C=O) groups excluding carboxylic acids is 1. The summed E-state index contributed by atoms with van der Waals surface area (Å²) in [6, 6.07) is 18.5. The van der Waals surface area contributed by atoms with E-state index in [-0.39, 0.29) is 56.3 Å². The first-order valence-corrected chi connectivity index (χ1v) is 13.8. The van der Waals surface area contributed by atoms with Crippen LogP contribution in [0.3, 0.4) is 0 Å². The van der Waals surface area contributed by atoms with Gasteiger partial charge in [-0.05, 0) is 59.9 Å². The molecule has 0 amide bonds. The number of nitrogens with zero attached hydrogens (tertiary/aromatic N) is 1. The van der Waals surface area contributed by atoms with Crippen molar-refractivity contribution in [3.05, 3.63) is 77.1 Å². The SMILES string of the molecule is C.CCC(CC)C(=O)C=C(O)C(CC)CC.Cc1[c-]c(-c2ccc3cc(C(C)(C)C)ccc3n2)cc(C)c1.[Ir]. The number of ketones is 1. The minimum absolute atomic E-state index is 0. The molecule has 3 nitrogen and oxygen atoms in total. The number of aryl methyl sites for hydroxylation is 2. The number of pyridine rings is 1. The number of carbonyl (C=O) groups is 1. The molecule has 0 aliphatic carbocycles. The zero-order valence-corrected chi connectivity index (χ0v) is 27.1. The second kappa shape index (κ2) is 16.7. The van der Waals surface area contributed by atoms with Gasteiger partial charge in [-0.1, -0.05) is 87.9 Å². The molecule has 1 aromatic heterocycles. The van der Waals surface area contributed by atoms with E-state index in [1.54, 1.807) is 0 Å². The van der Waals surface area contributed by atoms with Gasteiger partial charge in [0.15, 0.2) is 5.78 Å². The number of aliphatic hydroxyl groups is 1. The molecular weight excluding hydrogens is 659 g/mol. The Balaban J connectivity index is 0.000000758. The molecule has 0 spiro atoms. The number of aromatic nitrogens is 1. The number of aliphatic hydroxyl groups excluding tert-OH is 1. The van der Waals surface area contributed by atoms with Gasteiger partial charge in [0.25, 0.3) is 0 Å². The van der Waals surface area contributed by atoms with E-state index < -0.39 is 0 Å². The van der Waals surface area contributed by atoms with Crippen LogP contribution in [0.25, 0.3) is 22.2 Å². The van der Waals surface area contributed by atoms with Crippen LogP contribution in [0.15, 0.2) is 54.3 Å². The van der Waals surface area contributed by atoms with E-state index in [1.165, 1.54) is 22.6 Å². The molecule has 0 saturated heterocycles. The van der Waals surface area contributed by atoms with Gasteiger partial charge in [-0.15, -0.1) is 34.9 Å². The van der Waals surface area contributed by atoms with Crippen molar-refractivity contribution in [3.63, 3.8) is 0 Å². The van der Waals surface area contributed by atoms with Crippen LogP contribution in [0.5, 0.6) is 0 Å². The zero-order valence-electron chi connectivity index (χ0n) is 24.7. The largest absolute Gasteiger partial charge is 0.512 e. The summed E-state index contributed by atoms with van der Waals surface area (Å²) in [5.74, 6) is 0.547. The molecule has 1 radical (unpaired) electrons. The Morgan fingerprint density at radius 2 is 1.51 bits per heavy atom. The predicted octanol–water partition coefficient (Wildman–Crippen LogP) is 10.1. The van der Waals surface area contributed by atoms with Gasteiger partial charge in [0, 0.05) is 38.0 Å². The van der Waals surface area contributed by atoms with Gasteiger partial charge in [-0.2, -0.15) is 0 Å². The smallest absolute Gasteiger partial charge is 0.162 e. The molecule has 1 heterocycles. The van der Waals surface area contributed by atoms with Crippen molar-refractivity contribution in [1.29, 1.82) is 0 Å². The maximum absolute atomic E-state index is 11.7. The predicted molar refractivity (Wildman–Crippen MR) is 165 cm³/mol. The fourth-order valence-corrected chi connectivity index (χ4v) is 4.55. The summed E-state index contributed by atoms with van der Waals surface area (Å²) >= 11 is 0. The van der Waals surface area contributed by atoms with Crippen molar-refractivity contribution in [2.24, 2.45) is 11.8 Å². The molecule has 3 aromatic rings. The Hall–Kier alpha value is -2.29. The Bertz CT molecular complexity index is 1190. The van der Waals surface area contributed by atoms with Crippen LogP contribution >= 0.6 is 0 Å². The molecule has 0 unspecified atom stereocenters. The van der Waals surface area contributed by atoms with E-state index in [1.807, 2.05) is 27.7 Å². The third kappa shape index (κ3) is 10.7. The van der Waals surface area contributed by atoms with Crippen LogP contribution in [-0.4, -0.2) is 15.9 Å². The third-order valence-corrected chi connectivity index (χ3v) is 7.06. The van der Waals surface area contributed by atoms with Crippen LogP contribution in [0.2, 0.25) is 0 Å². The molecule has 3 rings (SSSR count). The molecule has 0 aliphatic rings. The summed E-state index contributed by atoms with van der Waals surface area (Å²) in [7, 11) is 0. The van der Waals surface area contributed by atoms with Gasteiger partial charge in [0.2, 0.25) is 0 Å². The van der Waals surface area contributed by atoms with Gasteiger partial charge in [-0.25, -0.2) is 0 Å². The summed E-state index contributed by atoms with van der Waals surface area (Å²) < 4.78 is 0. The molecule has 0 bridgehead atoms. The normalized spacial score (nSPS) is 11.5. The molecular formula is C35H50IrNO2-. The number of rotatable bonds is 8. The second-order valence-electron chi connectivity index (χ2n) is 11.1. The van der Waals surface area contributed by atoms with E-state index in [0.29, 0.717) is 0 Å². The molecule has 1 N–H and O–H groups in total. The van der Waals surface area contributed by atoms with Crippen LogP contribution in [0.4, 0.5) is 0 Å². The quantitative estimate of drug-likeness (QED) is 0.144. The average Bonchev–Trinajstić information content (AvgIpc) is 2.84. The molecule has 39 heavy (non-hydrogen) atoms. The van der Waals surface area contributed by atoms with Crippen molar-refractivity contribution >= 4 is 16.7 Å². The van der Waals surface area contributed by atoms with Gasteiger partial charge >= 0.3 is 0 Å². The molecule has 2 aromatic carbocycles. The monoisotopic (exact) mass is 709 g/mol. The van der Waals surface area contributed by atoms with Gasteiger partial charge in [0.05, 0.1) is 11.3 Å². The summed E-state index contributed by atoms with van der Waals surface area (Å²) in [5.41, 5.74) is 7.00. The molecule has 0 aliphatic heterocycles. The van der Waals surface area contributed by atoms with Crippen molar-refractivity contribution in [2.45, 2.75) is 101 Å². The first kappa shape index (κ1) is 36.7. The van der Waals surface area contributed by atoms with Crippen LogP contribution < -0.4 is 0 Å². The van der Waals surface area contributed by atoms with E-state index >= 15 is 0 Å². The van der Waals surface area contributed by atoms with E-state index in [0.717, 1.165) is 48.0 Å². The zero-order chi connectivity index (χ0) is 27.8. The number of benzene rings is 2. The standard InChI is InChI=1S/C21H22N.C13H24O2.CH4.Ir/c1-14-10-15(2)12-17(11-14)20-8-6-16-13-18(21(3,4)5)7-9-19(16)22-20;1-5-10(6-2)12(14)9-13(15)11(7-3)8-4;;/h6-11,13H,1-5H3;9-11,14H,5-8H2,1-4H3;1H4;/q-1;;;. The molecule has 0 fully saturated rings. The van der Waals surface area contributed by atoms with Crippen LogP contribution in [0.1, 0.15) is 98.3 Å². The van der Waals surface area contributed by atoms with Gasteiger partial charge < -0.3 is 5.11 Å². The molecule has 0 atom stereocenters. The fraction of sp³-hybridized carbons (Fsp3) is 0.486. The van der Waals surface area contributed by atoms with Crippen molar-refractivity contribution in [2.75, 3.05) is 0 Å². The summed E-state index contributed by atoms with van der Waals surface area (Å²) in [4.78, 5) is 16.5. The van der Waals surface area contributed by atoms with Crippen molar-refractivity contribution in [1.82, 2.24) is 4.98 Å². The van der Waals surface area contributed by atoms with E-state index in [2.05, 4.69) is 83.1 Å². The first-order valence-electron chi connectivity index (χ1n) is 13.8. The minimum Gasteiger partial charge on any atom is -0.512 e. The molecule has 4 heteroatoms. The van der Waals surface area contributed by atoms with Crippen LogP contribution in [0, 0.1) is 31.7 Å². The Kier molecular flexibility index (Phi) is 15.7. The Labute approximate surface area is 251 Å². The summed E-state index contributed by atoms with van der Waals surface area (Å²) in [6.45, 7) is 19.0. The fourth-order valence-electron chi connectivity index (χ4n) is 4.55. The molecule has 217 valence electrons. The van der Waals surface area contributed by atoms with E-state index in [9.17, 15) is 9.90 Å². The third-order valence-electron chi connectivity index (χ3n) is 7.06. The number of fused-ring (bicyclic) bond motifs is 1. The maximum atomic E-state index is 11.7. The average molecular weight is 709 g/mol. The molecule has 0 saturated carbocycles. The van der Waals surface area contributed by atoms with E-state index in [4.69, 9.17) is 4.98 Å². The maximum Gasteiger partial charge on any atom is 0.162 e. The van der Waals surface area contributed by atoms with Crippen molar-refractivity contribution in [3.8, 4) is 11.3 Å². The summed E-state index contributed by atoms with van der Waals surface area (Å²) in [6.07, 6.45) is 4.91. The number of hydrogen-bond donors (Lipinski definition) is 1. The van der Waals surface area contributed by atoms with Crippen molar-refractivity contribution < 1.29 is 30.0 Å². The minimum atomic E-state index is 0. The first-order chi connectivity index (χ1) is 17.4. The summed E-state index contributed by atoms with van der Waals surface area (Å²) in [5, 5.41) is 11.0. The second-order valence-corrected chi connectivity index (χ2v) is 11.1. The number of hydrogen-bond acceptors (Lipinski definition) is 3. The van der Waals surface area contributed by atoms with Crippen LogP contribution in [-0.2, 0) is 30.3 Å². The van der Waals surface area contributed by atoms with Gasteiger partial charge in [0.1, 0.15) is 0 Å². The number of allylic oxidation sites excluding steroid dienone is 2. The van der Waals surface area contributed by atoms with Gasteiger partial charge in [-0.3, -0.25) is 9.78 Å².